The van der Waals surface area contributed by atoms with Gasteiger partial charge in [0.1, 0.15) is 13.2 Å². The summed E-state index contributed by atoms with van der Waals surface area (Å²) >= 11 is 0. The summed E-state index contributed by atoms with van der Waals surface area (Å²) in [4.78, 5) is 37.8. The molecule has 0 fully saturated rings. The molecule has 57 heavy (non-hydrogen) atoms. The second-order valence-corrected chi connectivity index (χ2v) is 16.0. The molecule has 0 bridgehead atoms. The lowest BCUT2D eigenvalue weighted by molar-refractivity contribution is -0.167. The molecule has 1 unspecified atom stereocenters. The largest absolute Gasteiger partial charge is 0.462 e. The van der Waals surface area contributed by atoms with E-state index in [1.165, 1.54) is 103 Å². The molecule has 0 aliphatic heterocycles. The van der Waals surface area contributed by atoms with Gasteiger partial charge in [-0.3, -0.25) is 14.4 Å². The Hall–Kier alpha value is -2.63. The van der Waals surface area contributed by atoms with Gasteiger partial charge in [0.15, 0.2) is 6.10 Å². The molecule has 0 aromatic rings. The first-order chi connectivity index (χ1) is 28.0. The van der Waals surface area contributed by atoms with Crippen molar-refractivity contribution in [2.45, 2.75) is 245 Å². The monoisotopic (exact) mass is 799 g/mol. The quantitative estimate of drug-likeness (QED) is 0.0265. The van der Waals surface area contributed by atoms with E-state index in [1.54, 1.807) is 0 Å². The average Bonchev–Trinajstić information content (AvgIpc) is 3.21. The summed E-state index contributed by atoms with van der Waals surface area (Å²) in [5.74, 6) is -0.915. The van der Waals surface area contributed by atoms with Crippen molar-refractivity contribution in [1.82, 2.24) is 0 Å². The molecule has 0 amide bonds. The highest BCUT2D eigenvalue weighted by Crippen LogP contribution is 2.13. The van der Waals surface area contributed by atoms with E-state index in [0.29, 0.717) is 19.3 Å². The van der Waals surface area contributed by atoms with Gasteiger partial charge in [0.05, 0.1) is 0 Å². The van der Waals surface area contributed by atoms with Gasteiger partial charge < -0.3 is 14.2 Å². The molecule has 6 nitrogen and oxygen atoms in total. The van der Waals surface area contributed by atoms with E-state index in [-0.39, 0.29) is 31.1 Å². The zero-order chi connectivity index (χ0) is 41.5. The maximum Gasteiger partial charge on any atom is 0.306 e. The van der Waals surface area contributed by atoms with Crippen LogP contribution >= 0.6 is 0 Å². The Morgan fingerprint density at radius 3 is 1.07 bits per heavy atom. The number of carbonyl (C=O) groups is 3. The third-order valence-corrected chi connectivity index (χ3v) is 10.3. The fraction of sp³-hybridized carbons (Fsp3) is 0.784. The Morgan fingerprint density at radius 1 is 0.351 bits per heavy atom. The topological polar surface area (TPSA) is 78.9 Å². The van der Waals surface area contributed by atoms with Crippen LogP contribution in [0.1, 0.15) is 239 Å². The molecule has 0 saturated heterocycles. The summed E-state index contributed by atoms with van der Waals surface area (Å²) in [5, 5.41) is 0. The lowest BCUT2D eigenvalue weighted by atomic mass is 10.1. The number of rotatable bonds is 43. The predicted molar refractivity (Wildman–Crippen MR) is 242 cm³/mol. The number of carbonyl (C=O) groups excluding carboxylic acids is 3. The lowest BCUT2D eigenvalue weighted by Gasteiger charge is -2.18. The highest BCUT2D eigenvalue weighted by molar-refractivity contribution is 5.71. The Morgan fingerprint density at radius 2 is 0.649 bits per heavy atom. The Kier molecular flexibility index (Phi) is 43.9. The molecule has 0 radical (unpaired) electrons. The van der Waals surface area contributed by atoms with E-state index < -0.39 is 6.10 Å². The van der Waals surface area contributed by atoms with Crippen molar-refractivity contribution < 1.29 is 28.6 Å². The Labute approximate surface area is 352 Å². The molecule has 0 aliphatic carbocycles. The Bertz CT molecular complexity index is 1010. The second-order valence-electron chi connectivity index (χ2n) is 16.0. The molecular formula is C51H90O6. The van der Waals surface area contributed by atoms with Gasteiger partial charge in [-0.05, 0) is 96.3 Å². The van der Waals surface area contributed by atoms with Crippen LogP contribution in [0.3, 0.4) is 0 Å². The predicted octanol–water partition coefficient (Wildman–Crippen LogP) is 15.5. The first-order valence-electron chi connectivity index (χ1n) is 24.1. The van der Waals surface area contributed by atoms with Gasteiger partial charge >= 0.3 is 17.9 Å². The normalized spacial score (nSPS) is 12.4. The zero-order valence-electron chi connectivity index (χ0n) is 37.6. The van der Waals surface area contributed by atoms with Crippen molar-refractivity contribution in [3.8, 4) is 0 Å². The minimum atomic E-state index is -0.783. The van der Waals surface area contributed by atoms with Gasteiger partial charge in [-0.25, -0.2) is 0 Å². The number of esters is 3. The highest BCUT2D eigenvalue weighted by Gasteiger charge is 2.19. The second kappa shape index (κ2) is 46.1. The van der Waals surface area contributed by atoms with E-state index in [9.17, 15) is 14.4 Å². The highest BCUT2D eigenvalue weighted by atomic mass is 16.6. The van der Waals surface area contributed by atoms with Gasteiger partial charge in [0.25, 0.3) is 0 Å². The zero-order valence-corrected chi connectivity index (χ0v) is 37.6. The number of unbranched alkanes of at least 4 members (excludes halogenated alkanes) is 24. The summed E-state index contributed by atoms with van der Waals surface area (Å²) in [5.41, 5.74) is 0. The molecule has 0 rings (SSSR count). The van der Waals surface area contributed by atoms with E-state index in [4.69, 9.17) is 14.2 Å². The van der Waals surface area contributed by atoms with E-state index in [0.717, 1.165) is 96.3 Å². The van der Waals surface area contributed by atoms with Crippen molar-refractivity contribution in [2.24, 2.45) is 0 Å². The fourth-order valence-corrected chi connectivity index (χ4v) is 6.56. The summed E-state index contributed by atoms with van der Waals surface area (Å²) in [6.45, 7) is 6.53. The summed E-state index contributed by atoms with van der Waals surface area (Å²) in [7, 11) is 0. The summed E-state index contributed by atoms with van der Waals surface area (Å²) < 4.78 is 16.7. The van der Waals surface area contributed by atoms with Crippen molar-refractivity contribution in [1.29, 1.82) is 0 Å². The van der Waals surface area contributed by atoms with E-state index >= 15 is 0 Å². The summed E-state index contributed by atoms with van der Waals surface area (Å²) in [6, 6.07) is 0. The molecular weight excluding hydrogens is 709 g/mol. The van der Waals surface area contributed by atoms with Gasteiger partial charge in [-0.1, -0.05) is 172 Å². The molecule has 0 N–H and O–H groups in total. The molecule has 0 aliphatic rings. The van der Waals surface area contributed by atoms with Crippen molar-refractivity contribution in [3.05, 3.63) is 48.6 Å². The number of hydrogen-bond donors (Lipinski definition) is 0. The lowest BCUT2D eigenvalue weighted by Crippen LogP contribution is -2.30. The number of ether oxygens (including phenoxy) is 3. The standard InChI is InChI=1S/C51H90O6/c1-4-7-10-13-16-19-22-25-27-29-32-35-38-41-44-50(53)56-47-48(46-55-49(52)43-40-37-34-31-28-24-21-18-15-12-9-6-3)57-51(54)45-42-39-36-33-30-26-23-20-17-14-11-8-5-2/h13,16,18,20-23,25,48H,4-12,14-15,17,19,24,26-47H2,1-3H3/b16-13-,21-18-,23-20-,25-22-. The van der Waals surface area contributed by atoms with Gasteiger partial charge in [-0.15, -0.1) is 0 Å². The first kappa shape index (κ1) is 54.4. The third kappa shape index (κ3) is 44.3. The molecule has 0 spiro atoms. The minimum Gasteiger partial charge on any atom is -0.462 e. The van der Waals surface area contributed by atoms with Crippen LogP contribution in [0.2, 0.25) is 0 Å². The number of hydrogen-bond acceptors (Lipinski definition) is 6. The molecule has 330 valence electrons. The van der Waals surface area contributed by atoms with E-state index in [1.807, 2.05) is 0 Å². The van der Waals surface area contributed by atoms with E-state index in [2.05, 4.69) is 69.4 Å². The molecule has 0 heterocycles. The van der Waals surface area contributed by atoms with Crippen LogP contribution < -0.4 is 0 Å². The smallest absolute Gasteiger partial charge is 0.306 e. The third-order valence-electron chi connectivity index (χ3n) is 10.3. The molecule has 6 heteroatoms. The van der Waals surface area contributed by atoms with Crippen LogP contribution in [0.15, 0.2) is 48.6 Å². The van der Waals surface area contributed by atoms with Crippen LogP contribution in [0.5, 0.6) is 0 Å². The van der Waals surface area contributed by atoms with Gasteiger partial charge in [-0.2, -0.15) is 0 Å². The molecule has 0 aromatic heterocycles. The van der Waals surface area contributed by atoms with Crippen molar-refractivity contribution in [2.75, 3.05) is 13.2 Å². The maximum atomic E-state index is 12.7. The molecule has 0 aromatic carbocycles. The van der Waals surface area contributed by atoms with Gasteiger partial charge in [0.2, 0.25) is 0 Å². The van der Waals surface area contributed by atoms with Crippen LogP contribution in [0.4, 0.5) is 0 Å². The van der Waals surface area contributed by atoms with Crippen molar-refractivity contribution >= 4 is 17.9 Å². The summed E-state index contributed by atoms with van der Waals surface area (Å²) in [6.07, 6.45) is 53.7. The molecule has 0 saturated carbocycles. The van der Waals surface area contributed by atoms with Crippen LogP contribution in [0.25, 0.3) is 0 Å². The minimum absolute atomic E-state index is 0.0852. The average molecular weight is 799 g/mol. The maximum absolute atomic E-state index is 12.7. The first-order valence-corrected chi connectivity index (χ1v) is 24.1. The van der Waals surface area contributed by atoms with Crippen LogP contribution in [0, 0.1) is 0 Å². The van der Waals surface area contributed by atoms with Crippen LogP contribution in [-0.2, 0) is 28.6 Å². The molecule has 1 atom stereocenters. The SMILES string of the molecule is CCCC/C=C\C/C=C\CCCCCCCC(=O)OCC(COC(=O)CCCCCCC/C=C\CCCCC)OC(=O)CCCCCCC/C=C\CCCCCC. The fourth-order valence-electron chi connectivity index (χ4n) is 6.56. The Balaban J connectivity index is 4.42. The van der Waals surface area contributed by atoms with Crippen molar-refractivity contribution in [3.63, 3.8) is 0 Å². The number of allylic oxidation sites excluding steroid dienone is 8. The van der Waals surface area contributed by atoms with Gasteiger partial charge in [0, 0.05) is 19.3 Å². The van der Waals surface area contributed by atoms with Crippen LogP contribution in [-0.4, -0.2) is 37.2 Å².